The van der Waals surface area contributed by atoms with Crippen LogP contribution in [0.15, 0.2) is 6.07 Å². The molecule has 3 nitrogen and oxygen atoms in total. The maximum Gasteiger partial charge on any atom is 0.171 e. The standard InChI is InChI=1S/C16H24O3/c1-9-8-12(19-7)10(2)11(3)13(9)14(17)15(18)16(4,5)6/h8,14,17H,1-7H3. The Morgan fingerprint density at radius 2 is 1.74 bits per heavy atom. The van der Waals surface area contributed by atoms with Crippen LogP contribution in [0.2, 0.25) is 0 Å². The van der Waals surface area contributed by atoms with E-state index in [-0.39, 0.29) is 5.78 Å². The van der Waals surface area contributed by atoms with Crippen LogP contribution in [0.4, 0.5) is 0 Å². The molecule has 0 aromatic heterocycles. The fourth-order valence-corrected chi connectivity index (χ4v) is 2.24. The number of aliphatic hydroxyl groups excluding tert-OH is 1. The summed E-state index contributed by atoms with van der Waals surface area (Å²) in [6, 6.07) is 1.87. The van der Waals surface area contributed by atoms with E-state index in [0.29, 0.717) is 5.56 Å². The molecule has 1 rings (SSSR count). The molecule has 0 spiro atoms. The zero-order valence-corrected chi connectivity index (χ0v) is 12.9. The van der Waals surface area contributed by atoms with Gasteiger partial charge in [0, 0.05) is 5.41 Å². The highest BCUT2D eigenvalue weighted by atomic mass is 16.5. The number of aryl methyl sites for hydroxylation is 1. The Morgan fingerprint density at radius 3 is 2.16 bits per heavy atom. The minimum atomic E-state index is -1.08. The summed E-state index contributed by atoms with van der Waals surface area (Å²) in [4.78, 5) is 12.3. The van der Waals surface area contributed by atoms with Crippen LogP contribution in [0.3, 0.4) is 0 Å². The van der Waals surface area contributed by atoms with Crippen LogP contribution in [0, 0.1) is 26.2 Å². The van der Waals surface area contributed by atoms with E-state index in [1.165, 1.54) is 0 Å². The van der Waals surface area contributed by atoms with Crippen LogP contribution in [-0.2, 0) is 4.79 Å². The molecule has 0 saturated carbocycles. The van der Waals surface area contributed by atoms with Crippen molar-refractivity contribution in [2.75, 3.05) is 7.11 Å². The molecule has 1 aromatic rings. The van der Waals surface area contributed by atoms with Crippen molar-refractivity contribution in [3.63, 3.8) is 0 Å². The second-order valence-corrected chi connectivity index (χ2v) is 6.08. The molecule has 0 aliphatic rings. The molecule has 0 heterocycles. The van der Waals surface area contributed by atoms with Crippen molar-refractivity contribution in [2.24, 2.45) is 5.41 Å². The lowest BCUT2D eigenvalue weighted by Gasteiger charge is -2.25. The molecule has 0 radical (unpaired) electrons. The van der Waals surface area contributed by atoms with Crippen molar-refractivity contribution >= 4 is 5.78 Å². The first kappa shape index (κ1) is 15.7. The van der Waals surface area contributed by atoms with Crippen LogP contribution in [0.1, 0.15) is 49.1 Å². The smallest absolute Gasteiger partial charge is 0.171 e. The number of hydrogen-bond donors (Lipinski definition) is 1. The van der Waals surface area contributed by atoms with E-state index in [2.05, 4.69) is 0 Å². The fourth-order valence-electron chi connectivity index (χ4n) is 2.24. The summed E-state index contributed by atoms with van der Waals surface area (Å²) in [5.41, 5.74) is 2.90. The van der Waals surface area contributed by atoms with Gasteiger partial charge in [0.1, 0.15) is 11.9 Å². The molecular weight excluding hydrogens is 240 g/mol. The van der Waals surface area contributed by atoms with E-state index in [0.717, 1.165) is 22.4 Å². The first-order chi connectivity index (χ1) is 8.61. The summed E-state index contributed by atoms with van der Waals surface area (Å²) in [5.74, 6) is 0.623. The van der Waals surface area contributed by atoms with Gasteiger partial charge in [0.2, 0.25) is 0 Å². The monoisotopic (exact) mass is 264 g/mol. The number of ketones is 1. The largest absolute Gasteiger partial charge is 0.496 e. The van der Waals surface area contributed by atoms with Crippen LogP contribution in [0.5, 0.6) is 5.75 Å². The predicted octanol–water partition coefficient (Wildman–Crippen LogP) is 3.27. The first-order valence-corrected chi connectivity index (χ1v) is 6.48. The summed E-state index contributed by atoms with van der Waals surface area (Å²) in [6.45, 7) is 11.2. The third-order valence-corrected chi connectivity index (χ3v) is 3.59. The lowest BCUT2D eigenvalue weighted by molar-refractivity contribution is -0.135. The zero-order valence-electron chi connectivity index (χ0n) is 12.9. The average molecular weight is 264 g/mol. The quantitative estimate of drug-likeness (QED) is 0.911. The van der Waals surface area contributed by atoms with Gasteiger partial charge in [-0.1, -0.05) is 20.8 Å². The summed E-state index contributed by atoms with van der Waals surface area (Å²) in [5, 5.41) is 10.4. The summed E-state index contributed by atoms with van der Waals surface area (Å²) in [7, 11) is 1.62. The van der Waals surface area contributed by atoms with Gasteiger partial charge >= 0.3 is 0 Å². The van der Waals surface area contributed by atoms with Gasteiger partial charge in [-0.05, 0) is 49.1 Å². The van der Waals surface area contributed by atoms with E-state index in [4.69, 9.17) is 4.74 Å². The van der Waals surface area contributed by atoms with Gasteiger partial charge in [0.15, 0.2) is 5.78 Å². The van der Waals surface area contributed by atoms with Gasteiger partial charge < -0.3 is 9.84 Å². The van der Waals surface area contributed by atoms with Crippen molar-refractivity contribution in [2.45, 2.75) is 47.6 Å². The number of benzene rings is 1. The first-order valence-electron chi connectivity index (χ1n) is 6.48. The molecule has 0 aliphatic carbocycles. The molecule has 1 N–H and O–H groups in total. The minimum absolute atomic E-state index is 0.164. The number of carbonyl (C=O) groups is 1. The number of rotatable bonds is 3. The van der Waals surface area contributed by atoms with Gasteiger partial charge in [-0.25, -0.2) is 0 Å². The Hall–Kier alpha value is -1.35. The van der Waals surface area contributed by atoms with Crippen molar-refractivity contribution in [1.29, 1.82) is 0 Å². The number of hydrogen-bond acceptors (Lipinski definition) is 3. The highest BCUT2D eigenvalue weighted by Gasteiger charge is 2.31. The Bertz CT molecular complexity index is 496. The van der Waals surface area contributed by atoms with Gasteiger partial charge in [-0.3, -0.25) is 4.79 Å². The second-order valence-electron chi connectivity index (χ2n) is 6.08. The molecule has 1 unspecified atom stereocenters. The normalized spacial score (nSPS) is 13.3. The summed E-state index contributed by atoms with van der Waals surface area (Å²) >= 11 is 0. The predicted molar refractivity (Wildman–Crippen MR) is 76.6 cm³/mol. The second kappa shape index (κ2) is 5.33. The minimum Gasteiger partial charge on any atom is -0.496 e. The Balaban J connectivity index is 3.36. The van der Waals surface area contributed by atoms with Gasteiger partial charge in [0.05, 0.1) is 7.11 Å². The maximum atomic E-state index is 12.3. The zero-order chi connectivity index (χ0) is 15.0. The molecule has 0 amide bonds. The van der Waals surface area contributed by atoms with E-state index in [9.17, 15) is 9.90 Å². The van der Waals surface area contributed by atoms with Crippen molar-refractivity contribution in [3.05, 3.63) is 28.3 Å². The van der Waals surface area contributed by atoms with Crippen LogP contribution >= 0.6 is 0 Å². The Labute approximate surface area is 115 Å². The summed E-state index contributed by atoms with van der Waals surface area (Å²) < 4.78 is 5.30. The number of carbonyl (C=O) groups excluding carboxylic acids is 1. The van der Waals surface area contributed by atoms with Crippen LogP contribution in [0.25, 0.3) is 0 Å². The third-order valence-electron chi connectivity index (χ3n) is 3.59. The topological polar surface area (TPSA) is 46.5 Å². The van der Waals surface area contributed by atoms with E-state index in [1.807, 2.05) is 47.6 Å². The molecular formula is C16H24O3. The lowest BCUT2D eigenvalue weighted by atomic mass is 9.82. The molecule has 3 heteroatoms. The highest BCUT2D eigenvalue weighted by molar-refractivity contribution is 5.89. The van der Waals surface area contributed by atoms with E-state index in [1.54, 1.807) is 7.11 Å². The molecule has 106 valence electrons. The molecule has 0 aliphatic heterocycles. The van der Waals surface area contributed by atoms with Gasteiger partial charge in [0.25, 0.3) is 0 Å². The third kappa shape index (κ3) is 2.98. The number of aliphatic hydroxyl groups is 1. The fraction of sp³-hybridized carbons (Fsp3) is 0.562. The molecule has 0 fully saturated rings. The Kier molecular flexibility index (Phi) is 4.41. The Morgan fingerprint density at radius 1 is 1.21 bits per heavy atom. The van der Waals surface area contributed by atoms with Gasteiger partial charge in [-0.15, -0.1) is 0 Å². The number of methoxy groups -OCH3 is 1. The lowest BCUT2D eigenvalue weighted by Crippen LogP contribution is -2.28. The van der Waals surface area contributed by atoms with E-state index >= 15 is 0 Å². The van der Waals surface area contributed by atoms with Crippen molar-refractivity contribution in [3.8, 4) is 5.75 Å². The molecule has 1 atom stereocenters. The van der Waals surface area contributed by atoms with Crippen LogP contribution in [-0.4, -0.2) is 18.0 Å². The summed E-state index contributed by atoms with van der Waals surface area (Å²) in [6.07, 6.45) is -1.08. The number of ether oxygens (including phenoxy) is 1. The molecule has 0 saturated heterocycles. The molecule has 19 heavy (non-hydrogen) atoms. The molecule has 1 aromatic carbocycles. The van der Waals surface area contributed by atoms with Crippen LogP contribution < -0.4 is 4.74 Å². The number of Topliss-reactive ketones (excluding diaryl/α,β-unsaturated/α-hetero) is 1. The SMILES string of the molecule is COc1cc(C)c(C(O)C(=O)C(C)(C)C)c(C)c1C. The van der Waals surface area contributed by atoms with Gasteiger partial charge in [-0.2, -0.15) is 0 Å². The maximum absolute atomic E-state index is 12.3. The average Bonchev–Trinajstić information content (AvgIpc) is 2.31. The van der Waals surface area contributed by atoms with Crippen molar-refractivity contribution < 1.29 is 14.6 Å². The highest BCUT2D eigenvalue weighted by Crippen LogP contribution is 2.34. The van der Waals surface area contributed by atoms with Crippen molar-refractivity contribution in [1.82, 2.24) is 0 Å². The molecule has 0 bridgehead atoms. The van der Waals surface area contributed by atoms with E-state index < -0.39 is 11.5 Å².